The van der Waals surface area contributed by atoms with Crippen LogP contribution >= 0.6 is 0 Å². The van der Waals surface area contributed by atoms with Crippen molar-refractivity contribution in [3.05, 3.63) is 22.8 Å². The Bertz CT molecular complexity index is 713. The molecule has 2 heterocycles. The molecule has 1 spiro atoms. The number of hydrogen-bond donors (Lipinski definition) is 0. The van der Waals surface area contributed by atoms with Crippen LogP contribution in [0.25, 0.3) is 0 Å². The topological polar surface area (TPSA) is 44.8 Å². The van der Waals surface area contributed by atoms with E-state index in [1.165, 1.54) is 12.5 Å². The Morgan fingerprint density at radius 2 is 1.69 bits per heavy atom. The number of rotatable bonds is 1. The first-order valence-corrected chi connectivity index (χ1v) is 9.59. The van der Waals surface area contributed by atoms with Crippen molar-refractivity contribution in [1.29, 1.82) is 0 Å². The number of carbonyl (C=O) groups excluding carboxylic acids is 1. The first-order chi connectivity index (χ1) is 11.9. The van der Waals surface area contributed by atoms with Crippen LogP contribution in [0, 0.1) is 0 Å². The summed E-state index contributed by atoms with van der Waals surface area (Å²) >= 11 is 0. The highest BCUT2D eigenvalue weighted by Gasteiger charge is 2.45. The fraction of sp³-hybridized carbons (Fsp3) is 0.682. The lowest BCUT2D eigenvalue weighted by Crippen LogP contribution is -2.40. The van der Waals surface area contributed by atoms with Gasteiger partial charge in [-0.15, -0.1) is 0 Å². The zero-order valence-corrected chi connectivity index (χ0v) is 17.2. The first-order valence-electron chi connectivity index (χ1n) is 9.59. The van der Waals surface area contributed by atoms with E-state index in [0.29, 0.717) is 0 Å². The average molecular weight is 360 g/mol. The molecule has 1 aromatic rings. The minimum Gasteiger partial charge on any atom is -0.486 e. The van der Waals surface area contributed by atoms with Gasteiger partial charge in [0.15, 0.2) is 0 Å². The molecular weight excluding hydrogens is 328 g/mol. The molecule has 0 unspecified atom stereocenters. The van der Waals surface area contributed by atoms with Gasteiger partial charge in [-0.25, -0.2) is 0 Å². The number of ether oxygens (including phenoxy) is 3. The average Bonchev–Trinajstić information content (AvgIpc) is 2.81. The maximum atomic E-state index is 11.9. The summed E-state index contributed by atoms with van der Waals surface area (Å²) in [6.07, 6.45) is 2.66. The fourth-order valence-electron chi connectivity index (χ4n) is 4.16. The molecule has 0 amide bonds. The van der Waals surface area contributed by atoms with Crippen LogP contribution in [0.1, 0.15) is 78.0 Å². The van der Waals surface area contributed by atoms with Crippen molar-refractivity contribution in [2.24, 2.45) is 0 Å². The molecule has 2 aliphatic rings. The SMILES string of the molecule is CC(=O)Oc1c(C(C)(C)C)cc2c(c1C(C)(C)C)CC1(CCOCC1)O2. The van der Waals surface area contributed by atoms with Gasteiger partial charge in [-0.3, -0.25) is 4.79 Å². The minimum absolute atomic E-state index is 0.157. The molecule has 0 aliphatic carbocycles. The molecule has 0 N–H and O–H groups in total. The predicted octanol–water partition coefficient (Wildman–Crippen LogP) is 4.69. The maximum absolute atomic E-state index is 11.9. The van der Waals surface area contributed by atoms with E-state index in [2.05, 4.69) is 47.6 Å². The van der Waals surface area contributed by atoms with Crippen molar-refractivity contribution >= 4 is 5.97 Å². The molecule has 1 saturated heterocycles. The van der Waals surface area contributed by atoms with Crippen LogP contribution < -0.4 is 9.47 Å². The summed E-state index contributed by atoms with van der Waals surface area (Å²) in [7, 11) is 0. The Morgan fingerprint density at radius 1 is 1.08 bits per heavy atom. The molecule has 1 fully saturated rings. The summed E-state index contributed by atoms with van der Waals surface area (Å²) < 4.78 is 17.9. The summed E-state index contributed by atoms with van der Waals surface area (Å²) in [5, 5.41) is 0. The summed E-state index contributed by atoms with van der Waals surface area (Å²) in [5.74, 6) is 1.40. The summed E-state index contributed by atoms with van der Waals surface area (Å²) in [6.45, 7) is 15.9. The minimum atomic E-state index is -0.277. The van der Waals surface area contributed by atoms with Crippen LogP contribution in [0.2, 0.25) is 0 Å². The molecule has 0 bridgehead atoms. The Hall–Kier alpha value is -1.55. The number of carbonyl (C=O) groups is 1. The van der Waals surface area contributed by atoms with E-state index in [-0.39, 0.29) is 22.4 Å². The van der Waals surface area contributed by atoms with E-state index in [1.54, 1.807) is 0 Å². The Balaban J connectivity index is 2.23. The summed E-state index contributed by atoms with van der Waals surface area (Å²) in [4.78, 5) is 11.9. The first kappa shape index (κ1) is 19.2. The van der Waals surface area contributed by atoms with E-state index < -0.39 is 0 Å². The highest BCUT2D eigenvalue weighted by Crippen LogP contribution is 2.51. The molecule has 4 heteroatoms. The Morgan fingerprint density at radius 3 is 2.19 bits per heavy atom. The lowest BCUT2D eigenvalue weighted by molar-refractivity contribution is -0.132. The molecular formula is C22H32O4. The Labute approximate surface area is 157 Å². The summed E-state index contributed by atoms with van der Waals surface area (Å²) in [6, 6.07) is 2.10. The molecule has 144 valence electrons. The van der Waals surface area contributed by atoms with Gasteiger partial charge in [-0.05, 0) is 16.9 Å². The second kappa shape index (κ2) is 6.26. The van der Waals surface area contributed by atoms with Crippen LogP contribution in [-0.2, 0) is 26.8 Å². The van der Waals surface area contributed by atoms with Crippen LogP contribution in [-0.4, -0.2) is 24.8 Å². The molecule has 3 rings (SSSR count). The van der Waals surface area contributed by atoms with Crippen molar-refractivity contribution in [2.45, 2.75) is 84.2 Å². The van der Waals surface area contributed by atoms with Gasteiger partial charge in [-0.1, -0.05) is 41.5 Å². The summed E-state index contributed by atoms with van der Waals surface area (Å²) in [5.41, 5.74) is 2.85. The van der Waals surface area contributed by atoms with Gasteiger partial charge < -0.3 is 14.2 Å². The lowest BCUT2D eigenvalue weighted by atomic mass is 9.75. The van der Waals surface area contributed by atoms with Crippen LogP contribution in [0.5, 0.6) is 11.5 Å². The van der Waals surface area contributed by atoms with Gasteiger partial charge in [0.2, 0.25) is 0 Å². The van der Waals surface area contributed by atoms with Crippen molar-refractivity contribution in [3.8, 4) is 11.5 Å². The van der Waals surface area contributed by atoms with Crippen molar-refractivity contribution in [1.82, 2.24) is 0 Å². The third-order valence-electron chi connectivity index (χ3n) is 5.38. The van der Waals surface area contributed by atoms with Gasteiger partial charge in [0.1, 0.15) is 17.1 Å². The molecule has 0 aromatic heterocycles. The number of esters is 1. The standard InChI is InChI=1S/C22H32O4/c1-14(23)25-19-16(20(2,3)4)12-17-15(18(19)21(5,6)7)13-22(26-17)8-10-24-11-9-22/h12H,8-11,13H2,1-7H3. The van der Waals surface area contributed by atoms with E-state index >= 15 is 0 Å². The second-order valence-corrected chi connectivity index (χ2v) is 9.77. The predicted molar refractivity (Wildman–Crippen MR) is 102 cm³/mol. The van der Waals surface area contributed by atoms with Crippen LogP contribution in [0.4, 0.5) is 0 Å². The molecule has 0 radical (unpaired) electrons. The van der Waals surface area contributed by atoms with Gasteiger partial charge in [0.25, 0.3) is 0 Å². The zero-order chi connectivity index (χ0) is 19.3. The molecule has 2 aliphatic heterocycles. The molecule has 0 atom stereocenters. The third kappa shape index (κ3) is 3.48. The smallest absolute Gasteiger partial charge is 0.308 e. The largest absolute Gasteiger partial charge is 0.486 e. The molecule has 1 aromatic carbocycles. The van der Waals surface area contributed by atoms with Gasteiger partial charge in [0.05, 0.1) is 13.2 Å². The zero-order valence-electron chi connectivity index (χ0n) is 17.2. The van der Waals surface area contributed by atoms with Crippen LogP contribution in [0.15, 0.2) is 6.07 Å². The van der Waals surface area contributed by atoms with Crippen LogP contribution in [0.3, 0.4) is 0 Å². The van der Waals surface area contributed by atoms with Crippen molar-refractivity contribution < 1.29 is 19.0 Å². The van der Waals surface area contributed by atoms with Gasteiger partial charge >= 0.3 is 5.97 Å². The van der Waals surface area contributed by atoms with Crippen molar-refractivity contribution in [2.75, 3.05) is 13.2 Å². The Kier molecular flexibility index (Phi) is 4.63. The van der Waals surface area contributed by atoms with E-state index in [9.17, 15) is 4.79 Å². The highest BCUT2D eigenvalue weighted by atomic mass is 16.5. The lowest BCUT2D eigenvalue weighted by Gasteiger charge is -2.32. The van der Waals surface area contributed by atoms with E-state index in [0.717, 1.165) is 55.1 Å². The maximum Gasteiger partial charge on any atom is 0.308 e. The fourth-order valence-corrected chi connectivity index (χ4v) is 4.16. The number of fused-ring (bicyclic) bond motifs is 1. The highest BCUT2D eigenvalue weighted by molar-refractivity contribution is 5.72. The van der Waals surface area contributed by atoms with Gasteiger partial charge in [-0.2, -0.15) is 0 Å². The second-order valence-electron chi connectivity index (χ2n) is 9.77. The third-order valence-corrected chi connectivity index (χ3v) is 5.38. The quantitative estimate of drug-likeness (QED) is 0.538. The normalized spacial score (nSPS) is 19.2. The molecule has 26 heavy (non-hydrogen) atoms. The number of benzene rings is 1. The van der Waals surface area contributed by atoms with E-state index in [1.807, 2.05) is 0 Å². The molecule has 0 saturated carbocycles. The van der Waals surface area contributed by atoms with Gasteiger partial charge in [0, 0.05) is 42.9 Å². The monoisotopic (exact) mass is 360 g/mol. The van der Waals surface area contributed by atoms with Crippen molar-refractivity contribution in [3.63, 3.8) is 0 Å². The van der Waals surface area contributed by atoms with E-state index in [4.69, 9.17) is 14.2 Å². The molecule has 4 nitrogen and oxygen atoms in total. The number of hydrogen-bond acceptors (Lipinski definition) is 4.